The third kappa shape index (κ3) is 4.08. The number of nitrogens with two attached hydrogens (primary N) is 1. The molecule has 0 saturated carbocycles. The minimum Gasteiger partial charge on any atom is -0.489 e. The van der Waals surface area contributed by atoms with Crippen molar-refractivity contribution in [3.8, 4) is 11.4 Å². The second-order valence-electron chi connectivity index (χ2n) is 7.23. The third-order valence-electron chi connectivity index (χ3n) is 5.07. The van der Waals surface area contributed by atoms with Gasteiger partial charge in [0.25, 0.3) is 5.91 Å². The van der Waals surface area contributed by atoms with Gasteiger partial charge in [-0.2, -0.15) is 5.10 Å². The van der Waals surface area contributed by atoms with Crippen LogP contribution < -0.4 is 16.2 Å². The van der Waals surface area contributed by atoms with E-state index >= 15 is 0 Å². The van der Waals surface area contributed by atoms with Crippen molar-refractivity contribution in [1.82, 2.24) is 19.7 Å². The minimum atomic E-state index is -1.03. The Labute approximate surface area is 181 Å². The lowest BCUT2D eigenvalue weighted by molar-refractivity contribution is -0.137. The lowest BCUT2D eigenvalue weighted by Gasteiger charge is -2.19. The fourth-order valence-corrected chi connectivity index (χ4v) is 3.43. The van der Waals surface area contributed by atoms with Crippen molar-refractivity contribution in [3.63, 3.8) is 0 Å². The summed E-state index contributed by atoms with van der Waals surface area (Å²) < 4.78 is 7.12. The molecular formula is C21H20N6O5. The van der Waals surface area contributed by atoms with Crippen molar-refractivity contribution in [2.75, 3.05) is 6.54 Å². The number of carboxylic acid groups (broad SMARTS) is 1. The van der Waals surface area contributed by atoms with Crippen LogP contribution in [0.5, 0.6) is 5.75 Å². The lowest BCUT2D eigenvalue weighted by Crippen LogP contribution is -2.32. The summed E-state index contributed by atoms with van der Waals surface area (Å²) in [5.74, 6) is -0.752. The maximum absolute atomic E-state index is 13.1. The molecule has 11 heteroatoms. The van der Waals surface area contributed by atoms with Crippen LogP contribution in [0.2, 0.25) is 0 Å². The summed E-state index contributed by atoms with van der Waals surface area (Å²) in [6.45, 7) is 0.186. The molecule has 164 valence electrons. The van der Waals surface area contributed by atoms with Crippen LogP contribution in [0.1, 0.15) is 33.7 Å². The first-order valence-electron chi connectivity index (χ1n) is 9.71. The van der Waals surface area contributed by atoms with Gasteiger partial charge >= 0.3 is 11.7 Å². The van der Waals surface area contributed by atoms with Crippen LogP contribution in [0.4, 0.5) is 0 Å². The summed E-state index contributed by atoms with van der Waals surface area (Å²) in [5, 5.41) is 22.8. The number of H-pyrrole nitrogens is 1. The van der Waals surface area contributed by atoms with Gasteiger partial charge < -0.3 is 20.5 Å². The van der Waals surface area contributed by atoms with Crippen molar-refractivity contribution in [3.05, 3.63) is 75.5 Å². The van der Waals surface area contributed by atoms with E-state index in [0.717, 1.165) is 5.56 Å². The van der Waals surface area contributed by atoms with Gasteiger partial charge in [0.05, 0.1) is 24.2 Å². The molecule has 0 aliphatic carbocycles. The van der Waals surface area contributed by atoms with Crippen LogP contribution in [0.15, 0.2) is 47.3 Å². The number of ether oxygens (including phenoxy) is 1. The van der Waals surface area contributed by atoms with Gasteiger partial charge in [0.15, 0.2) is 5.82 Å². The Bertz CT molecular complexity index is 1260. The predicted octanol–water partition coefficient (Wildman–Crippen LogP) is 0.854. The SMILES string of the molecule is N=C(N)c1ccc(COc2ccc3c(c2)C(=O)N(CCC(=O)O)Cc2n[nH]c(=O)n2-3)cc1. The zero-order valence-electron chi connectivity index (χ0n) is 16.9. The number of nitrogens with zero attached hydrogens (tertiary/aromatic N) is 3. The Morgan fingerprint density at radius 3 is 2.66 bits per heavy atom. The quantitative estimate of drug-likeness (QED) is 0.314. The number of carbonyl (C=O) groups excluding carboxylic acids is 1. The molecular weight excluding hydrogens is 416 g/mol. The van der Waals surface area contributed by atoms with Gasteiger partial charge in [-0.1, -0.05) is 24.3 Å². The lowest BCUT2D eigenvalue weighted by atomic mass is 10.1. The van der Waals surface area contributed by atoms with E-state index < -0.39 is 17.6 Å². The molecule has 2 heterocycles. The summed E-state index contributed by atoms with van der Waals surface area (Å²) in [6, 6.07) is 11.8. The number of fused-ring (bicyclic) bond motifs is 3. The van der Waals surface area contributed by atoms with E-state index in [-0.39, 0.29) is 37.5 Å². The average Bonchev–Trinajstić information content (AvgIpc) is 3.08. The number of aromatic amines is 1. The number of aliphatic carboxylic acids is 1. The third-order valence-corrected chi connectivity index (χ3v) is 5.07. The molecule has 0 spiro atoms. The van der Waals surface area contributed by atoms with Crippen molar-refractivity contribution >= 4 is 17.7 Å². The number of amides is 1. The molecule has 1 amide bonds. The zero-order valence-corrected chi connectivity index (χ0v) is 16.9. The summed E-state index contributed by atoms with van der Waals surface area (Å²) in [6.07, 6.45) is -0.234. The molecule has 5 N–H and O–H groups in total. The standard InChI is InChI=1S/C21H20N6O5/c22-19(23)13-3-1-12(2-4-13)11-32-14-5-6-16-15(9-14)20(30)26(8-7-18(28)29)10-17-24-25-21(31)27(16)17/h1-6,9H,7-8,10-11H2,(H3,22,23)(H,25,31)(H,28,29). The Morgan fingerprint density at radius 2 is 1.97 bits per heavy atom. The number of hydrogen-bond acceptors (Lipinski definition) is 6. The maximum atomic E-state index is 13.1. The molecule has 4 rings (SSSR count). The Hall–Kier alpha value is -4.41. The molecule has 1 aliphatic heterocycles. The monoisotopic (exact) mass is 436 g/mol. The molecule has 0 fully saturated rings. The number of hydrogen-bond donors (Lipinski definition) is 4. The first kappa shape index (κ1) is 20.8. The van der Waals surface area contributed by atoms with E-state index in [1.165, 1.54) is 15.5 Å². The molecule has 2 aromatic carbocycles. The minimum absolute atomic E-state index is 0.00176. The highest BCUT2D eigenvalue weighted by molar-refractivity contribution is 5.99. The number of amidine groups is 1. The van der Waals surface area contributed by atoms with E-state index in [1.54, 1.807) is 36.4 Å². The van der Waals surface area contributed by atoms with Crippen molar-refractivity contribution in [2.45, 2.75) is 19.6 Å². The van der Waals surface area contributed by atoms with Crippen LogP contribution in [-0.4, -0.2) is 49.0 Å². The van der Waals surface area contributed by atoms with Crippen LogP contribution in [0, 0.1) is 5.41 Å². The summed E-state index contributed by atoms with van der Waals surface area (Å²) in [7, 11) is 0. The van der Waals surface area contributed by atoms with Gasteiger partial charge in [0, 0.05) is 12.1 Å². The molecule has 0 atom stereocenters. The van der Waals surface area contributed by atoms with E-state index in [1.807, 2.05) is 0 Å². The Balaban J connectivity index is 1.63. The molecule has 0 radical (unpaired) electrons. The molecule has 1 aromatic heterocycles. The van der Waals surface area contributed by atoms with Crippen LogP contribution in [0.25, 0.3) is 5.69 Å². The number of benzene rings is 2. The van der Waals surface area contributed by atoms with Crippen LogP contribution in [-0.2, 0) is 17.9 Å². The summed E-state index contributed by atoms with van der Waals surface area (Å²) in [4.78, 5) is 37.8. The molecule has 32 heavy (non-hydrogen) atoms. The normalized spacial score (nSPS) is 12.6. The fourth-order valence-electron chi connectivity index (χ4n) is 3.43. The van der Waals surface area contributed by atoms with Gasteiger partial charge in [-0.25, -0.2) is 14.5 Å². The number of carbonyl (C=O) groups is 2. The highest BCUT2D eigenvalue weighted by Crippen LogP contribution is 2.27. The Kier molecular flexibility index (Phi) is 5.46. The molecule has 0 unspecified atom stereocenters. The van der Waals surface area contributed by atoms with Gasteiger partial charge in [0.2, 0.25) is 0 Å². The van der Waals surface area contributed by atoms with E-state index in [0.29, 0.717) is 22.8 Å². The topological polar surface area (TPSA) is 167 Å². The number of carboxylic acids is 1. The number of nitrogen functional groups attached to an aromatic ring is 1. The highest BCUT2D eigenvalue weighted by atomic mass is 16.5. The van der Waals surface area contributed by atoms with Gasteiger partial charge in [-0.3, -0.25) is 15.0 Å². The Morgan fingerprint density at radius 1 is 1.22 bits per heavy atom. The van der Waals surface area contributed by atoms with E-state index in [4.69, 9.17) is 21.0 Å². The largest absolute Gasteiger partial charge is 0.489 e. The molecule has 11 nitrogen and oxygen atoms in total. The van der Waals surface area contributed by atoms with Crippen LogP contribution >= 0.6 is 0 Å². The summed E-state index contributed by atoms with van der Waals surface area (Å²) >= 11 is 0. The van der Waals surface area contributed by atoms with Gasteiger partial charge in [0.1, 0.15) is 18.2 Å². The maximum Gasteiger partial charge on any atom is 0.348 e. The molecule has 0 bridgehead atoms. The fraction of sp³-hybridized carbons (Fsp3) is 0.190. The van der Waals surface area contributed by atoms with Gasteiger partial charge in [-0.05, 0) is 23.8 Å². The second-order valence-corrected chi connectivity index (χ2v) is 7.23. The first-order valence-corrected chi connectivity index (χ1v) is 9.71. The number of aromatic nitrogens is 3. The average molecular weight is 436 g/mol. The van der Waals surface area contributed by atoms with Crippen molar-refractivity contribution in [1.29, 1.82) is 5.41 Å². The zero-order chi connectivity index (χ0) is 22.8. The number of nitrogens with one attached hydrogen (secondary N) is 2. The first-order chi connectivity index (χ1) is 15.3. The molecule has 0 saturated heterocycles. The predicted molar refractivity (Wildman–Crippen MR) is 113 cm³/mol. The van der Waals surface area contributed by atoms with E-state index in [2.05, 4.69) is 10.2 Å². The summed E-state index contributed by atoms with van der Waals surface area (Å²) in [5.41, 5.74) is 6.97. The van der Waals surface area contributed by atoms with Crippen LogP contribution in [0.3, 0.4) is 0 Å². The second kappa shape index (κ2) is 8.38. The van der Waals surface area contributed by atoms with Gasteiger partial charge in [-0.15, -0.1) is 0 Å². The highest BCUT2D eigenvalue weighted by Gasteiger charge is 2.29. The van der Waals surface area contributed by atoms with E-state index in [9.17, 15) is 14.4 Å². The van der Waals surface area contributed by atoms with Crippen molar-refractivity contribution < 1.29 is 19.4 Å². The van der Waals surface area contributed by atoms with Crippen molar-refractivity contribution in [2.24, 2.45) is 5.73 Å². The number of rotatable bonds is 7. The molecule has 3 aromatic rings. The molecule has 1 aliphatic rings. The smallest absolute Gasteiger partial charge is 0.348 e.